The molecule has 3 unspecified atom stereocenters. The van der Waals surface area contributed by atoms with E-state index in [1.165, 1.54) is 38.5 Å². The van der Waals surface area contributed by atoms with Crippen molar-refractivity contribution in [2.45, 2.75) is 68.9 Å². The number of nitrogens with two attached hydrogens (primary N) is 3. The monoisotopic (exact) mass is 351 g/mol. The molecular formula is C18H37N7. The van der Waals surface area contributed by atoms with Crippen LogP contribution in [0.25, 0.3) is 0 Å². The Labute approximate surface area is 152 Å². The van der Waals surface area contributed by atoms with Gasteiger partial charge in [0.1, 0.15) is 5.66 Å². The van der Waals surface area contributed by atoms with E-state index in [0.717, 1.165) is 58.7 Å². The zero-order valence-corrected chi connectivity index (χ0v) is 15.7. The van der Waals surface area contributed by atoms with E-state index in [4.69, 9.17) is 17.3 Å². The summed E-state index contributed by atoms with van der Waals surface area (Å²) in [6.07, 6.45) is 9.53. The molecule has 0 bridgehead atoms. The Balaban J connectivity index is 1.76. The second kappa shape index (κ2) is 7.03. The predicted molar refractivity (Wildman–Crippen MR) is 100 cm³/mol. The van der Waals surface area contributed by atoms with E-state index in [1.807, 2.05) is 5.01 Å². The van der Waals surface area contributed by atoms with E-state index in [-0.39, 0.29) is 0 Å². The van der Waals surface area contributed by atoms with Crippen molar-refractivity contribution in [3.05, 3.63) is 0 Å². The summed E-state index contributed by atoms with van der Waals surface area (Å²) in [5.41, 5.74) is 14.1. The smallest absolute Gasteiger partial charge is 0.172 e. The topological polar surface area (TPSA) is 91.0 Å². The number of rotatable bonds is 3. The van der Waals surface area contributed by atoms with Gasteiger partial charge in [-0.3, -0.25) is 26.3 Å². The van der Waals surface area contributed by atoms with Gasteiger partial charge >= 0.3 is 0 Å². The molecule has 4 fully saturated rings. The highest BCUT2D eigenvalue weighted by Crippen LogP contribution is 2.41. The van der Waals surface area contributed by atoms with Crippen LogP contribution in [0.15, 0.2) is 0 Å². The molecule has 6 N–H and O–H groups in total. The summed E-state index contributed by atoms with van der Waals surface area (Å²) in [5.74, 6) is 5.85. The lowest BCUT2D eigenvalue weighted by molar-refractivity contribution is -0.186. The van der Waals surface area contributed by atoms with Gasteiger partial charge in [-0.15, -0.1) is 0 Å². The Hall–Kier alpha value is -0.280. The predicted octanol–water partition coefficient (Wildman–Crippen LogP) is -0.121. The first-order valence-electron chi connectivity index (χ1n) is 10.4. The summed E-state index contributed by atoms with van der Waals surface area (Å²) in [4.78, 5) is 7.46. The summed E-state index contributed by atoms with van der Waals surface area (Å²) < 4.78 is 0. The van der Waals surface area contributed by atoms with Gasteiger partial charge in [-0.1, -0.05) is 6.42 Å². The van der Waals surface area contributed by atoms with Crippen molar-refractivity contribution in [1.29, 1.82) is 0 Å². The van der Waals surface area contributed by atoms with E-state index in [9.17, 15) is 0 Å². The number of piperidine rings is 1. The average molecular weight is 352 g/mol. The van der Waals surface area contributed by atoms with Crippen molar-refractivity contribution in [3.8, 4) is 0 Å². The number of likely N-dealkylation sites (tertiary alicyclic amines) is 3. The lowest BCUT2D eigenvalue weighted by Crippen LogP contribution is -2.90. The Kier molecular flexibility index (Phi) is 5.09. The number of nitrogens with zero attached hydrogens (tertiary/aromatic N) is 4. The molecule has 0 saturated carbocycles. The minimum absolute atomic E-state index is 0.292. The summed E-state index contributed by atoms with van der Waals surface area (Å²) >= 11 is 0. The second-order valence-electron chi connectivity index (χ2n) is 8.53. The molecule has 4 aliphatic rings. The summed E-state index contributed by atoms with van der Waals surface area (Å²) in [6, 6.07) is 0.292. The number of hydrogen-bond acceptors (Lipinski definition) is 7. The first-order valence-corrected chi connectivity index (χ1v) is 10.4. The van der Waals surface area contributed by atoms with Crippen LogP contribution < -0.4 is 17.3 Å². The molecule has 0 amide bonds. The van der Waals surface area contributed by atoms with E-state index in [0.29, 0.717) is 6.04 Å². The van der Waals surface area contributed by atoms with Gasteiger partial charge in [-0.2, -0.15) is 0 Å². The molecule has 0 spiro atoms. The highest BCUT2D eigenvalue weighted by molar-refractivity contribution is 5.14. The Morgan fingerprint density at radius 1 is 0.640 bits per heavy atom. The van der Waals surface area contributed by atoms with Crippen molar-refractivity contribution in [3.63, 3.8) is 0 Å². The standard InChI is InChI=1S/C18H37N7/c19-17(23-11-4-5-12-23)16(22-9-7-10-22)8-6-15-25(21)18(17,20)24-13-2-1-3-14-24/h16H,1-15,19-21H2. The Morgan fingerprint density at radius 2 is 1.24 bits per heavy atom. The third-order valence-electron chi connectivity index (χ3n) is 7.21. The van der Waals surface area contributed by atoms with Gasteiger partial charge in [-0.25, -0.2) is 5.01 Å². The van der Waals surface area contributed by atoms with Gasteiger partial charge < -0.3 is 5.73 Å². The van der Waals surface area contributed by atoms with Crippen LogP contribution in [-0.2, 0) is 0 Å². The fourth-order valence-corrected chi connectivity index (χ4v) is 5.63. The molecule has 7 heteroatoms. The molecule has 25 heavy (non-hydrogen) atoms. The molecule has 4 heterocycles. The van der Waals surface area contributed by atoms with Gasteiger partial charge in [-0.05, 0) is 58.0 Å². The van der Waals surface area contributed by atoms with Gasteiger partial charge in [0.2, 0.25) is 0 Å². The first kappa shape index (κ1) is 18.1. The van der Waals surface area contributed by atoms with Crippen molar-refractivity contribution in [1.82, 2.24) is 19.7 Å². The van der Waals surface area contributed by atoms with Gasteiger partial charge in [0.15, 0.2) is 5.79 Å². The maximum Gasteiger partial charge on any atom is 0.172 e. The third-order valence-corrected chi connectivity index (χ3v) is 7.21. The molecule has 4 aliphatic heterocycles. The van der Waals surface area contributed by atoms with E-state index in [1.54, 1.807) is 0 Å². The van der Waals surface area contributed by atoms with Crippen molar-refractivity contribution >= 4 is 0 Å². The number of hydrazine groups is 1. The van der Waals surface area contributed by atoms with Crippen LogP contribution in [0.1, 0.15) is 51.4 Å². The minimum atomic E-state index is -0.797. The highest BCUT2D eigenvalue weighted by atomic mass is 15.6. The maximum atomic E-state index is 7.41. The highest BCUT2D eigenvalue weighted by Gasteiger charge is 2.63. The van der Waals surface area contributed by atoms with Crippen LogP contribution in [-0.4, -0.2) is 83.0 Å². The molecule has 3 atom stereocenters. The largest absolute Gasteiger partial charge is 0.308 e. The average Bonchev–Trinajstić information content (AvgIpc) is 3.10. The van der Waals surface area contributed by atoms with Crippen LogP contribution in [0.3, 0.4) is 0 Å². The van der Waals surface area contributed by atoms with Crippen molar-refractivity contribution in [2.24, 2.45) is 17.3 Å². The molecule has 0 aromatic heterocycles. The molecule has 0 radical (unpaired) electrons. The van der Waals surface area contributed by atoms with Crippen molar-refractivity contribution < 1.29 is 0 Å². The first-order chi connectivity index (χ1) is 12.1. The molecule has 0 aromatic carbocycles. The van der Waals surface area contributed by atoms with Gasteiger partial charge in [0, 0.05) is 38.8 Å². The Morgan fingerprint density at radius 3 is 1.84 bits per heavy atom. The summed E-state index contributed by atoms with van der Waals surface area (Å²) in [7, 11) is 0. The SMILES string of the molecule is NN1CCCC(N2CCC2)C(N)(N2CCCC2)C1(N)N1CCCCC1. The van der Waals surface area contributed by atoms with Crippen LogP contribution >= 0.6 is 0 Å². The normalized spacial score (nSPS) is 43.1. The zero-order valence-electron chi connectivity index (χ0n) is 15.7. The maximum absolute atomic E-state index is 7.41. The van der Waals surface area contributed by atoms with Crippen LogP contribution in [0.4, 0.5) is 0 Å². The fraction of sp³-hybridized carbons (Fsp3) is 1.00. The Bertz CT molecular complexity index is 458. The van der Waals surface area contributed by atoms with E-state index >= 15 is 0 Å². The van der Waals surface area contributed by atoms with Gasteiger partial charge in [0.25, 0.3) is 0 Å². The molecule has 0 aromatic rings. The quantitative estimate of drug-likeness (QED) is 0.611. The molecule has 4 saturated heterocycles. The van der Waals surface area contributed by atoms with Gasteiger partial charge in [0.05, 0.1) is 0 Å². The minimum Gasteiger partial charge on any atom is -0.308 e. The van der Waals surface area contributed by atoms with E-state index in [2.05, 4.69) is 14.7 Å². The summed E-state index contributed by atoms with van der Waals surface area (Å²) in [6.45, 7) is 7.22. The van der Waals surface area contributed by atoms with E-state index < -0.39 is 11.4 Å². The third kappa shape index (κ3) is 2.76. The van der Waals surface area contributed by atoms with Crippen LogP contribution in [0.5, 0.6) is 0 Å². The van der Waals surface area contributed by atoms with Crippen LogP contribution in [0, 0.1) is 0 Å². The molecule has 144 valence electrons. The molecule has 7 nitrogen and oxygen atoms in total. The molecule has 0 aliphatic carbocycles. The van der Waals surface area contributed by atoms with Crippen LogP contribution in [0.2, 0.25) is 0 Å². The second-order valence-corrected chi connectivity index (χ2v) is 8.53. The van der Waals surface area contributed by atoms with Crippen molar-refractivity contribution in [2.75, 3.05) is 45.8 Å². The fourth-order valence-electron chi connectivity index (χ4n) is 5.63. The molecular weight excluding hydrogens is 314 g/mol. The lowest BCUT2D eigenvalue weighted by Gasteiger charge is -2.62. The number of hydrogen-bond donors (Lipinski definition) is 3. The lowest BCUT2D eigenvalue weighted by atomic mass is 9.84. The zero-order chi connectivity index (χ0) is 17.5. The molecule has 4 rings (SSSR count). The summed E-state index contributed by atoms with van der Waals surface area (Å²) in [5, 5.41) is 1.90.